The van der Waals surface area contributed by atoms with Crippen LogP contribution in [-0.2, 0) is 0 Å². The minimum absolute atomic E-state index is 0.0233. The van der Waals surface area contributed by atoms with Crippen molar-refractivity contribution in [3.8, 4) is 5.75 Å². The van der Waals surface area contributed by atoms with Crippen LogP contribution in [0.3, 0.4) is 0 Å². The molecule has 1 atom stereocenters. The first-order chi connectivity index (χ1) is 9.76. The molecule has 0 bridgehead atoms. The van der Waals surface area contributed by atoms with Gasteiger partial charge < -0.3 is 10.1 Å². The molecule has 20 heavy (non-hydrogen) atoms. The Bertz CT molecular complexity index is 560. The van der Waals surface area contributed by atoms with Crippen LogP contribution in [0.2, 0.25) is 5.02 Å². The van der Waals surface area contributed by atoms with Crippen LogP contribution in [0.5, 0.6) is 5.75 Å². The summed E-state index contributed by atoms with van der Waals surface area (Å²) in [6.45, 7) is 3.04. The maximum absolute atomic E-state index is 6.10. The molecule has 1 aromatic carbocycles. The maximum Gasteiger partial charge on any atom is 0.142 e. The summed E-state index contributed by atoms with van der Waals surface area (Å²) in [5, 5.41) is 4.23. The largest absolute Gasteiger partial charge is 0.495 e. The molecule has 0 radical (unpaired) electrons. The molecule has 0 aliphatic carbocycles. The van der Waals surface area contributed by atoms with Crippen molar-refractivity contribution in [2.24, 2.45) is 0 Å². The summed E-state index contributed by atoms with van der Waals surface area (Å²) in [4.78, 5) is 4.48. The summed E-state index contributed by atoms with van der Waals surface area (Å²) in [7, 11) is 1.66. The number of methoxy groups -OCH3 is 1. The minimum Gasteiger partial charge on any atom is -0.495 e. The molecule has 0 saturated heterocycles. The number of pyridine rings is 1. The Balaban J connectivity index is 2.41. The second-order valence-electron chi connectivity index (χ2n) is 4.53. The number of hydrogen-bond donors (Lipinski definition) is 1. The molecule has 106 valence electrons. The molecule has 1 heterocycles. The van der Waals surface area contributed by atoms with Crippen LogP contribution in [0, 0.1) is 0 Å². The Morgan fingerprint density at radius 1 is 1.30 bits per heavy atom. The molecule has 4 heteroatoms. The van der Waals surface area contributed by atoms with Crippen LogP contribution in [0.15, 0.2) is 42.6 Å². The lowest BCUT2D eigenvalue weighted by atomic mass is 10.0. The van der Waals surface area contributed by atoms with Gasteiger partial charge in [-0.25, -0.2) is 0 Å². The molecule has 2 aromatic rings. The molecule has 0 aliphatic rings. The predicted octanol–water partition coefficient (Wildman–Crippen LogP) is 3.83. The number of nitrogens with one attached hydrogen (secondary N) is 1. The lowest BCUT2D eigenvalue weighted by Gasteiger charge is -2.20. The van der Waals surface area contributed by atoms with Crippen molar-refractivity contribution in [1.29, 1.82) is 0 Å². The minimum atomic E-state index is -0.0233. The van der Waals surface area contributed by atoms with Gasteiger partial charge in [0.25, 0.3) is 0 Å². The second kappa shape index (κ2) is 7.27. The fourth-order valence-corrected chi connectivity index (χ4v) is 2.34. The SMILES string of the molecule is CCCNC(c1cccc(Cl)c1)c1ncccc1OC. The first kappa shape index (κ1) is 14.8. The number of ether oxygens (including phenoxy) is 1. The first-order valence-corrected chi connectivity index (χ1v) is 7.11. The fraction of sp³-hybridized carbons (Fsp3) is 0.312. The van der Waals surface area contributed by atoms with E-state index in [9.17, 15) is 0 Å². The Morgan fingerprint density at radius 3 is 2.85 bits per heavy atom. The molecule has 0 amide bonds. The van der Waals surface area contributed by atoms with Crippen molar-refractivity contribution < 1.29 is 4.74 Å². The van der Waals surface area contributed by atoms with Crippen molar-refractivity contribution >= 4 is 11.6 Å². The molecule has 0 fully saturated rings. The van der Waals surface area contributed by atoms with Crippen molar-refractivity contribution in [2.45, 2.75) is 19.4 Å². The van der Waals surface area contributed by atoms with Crippen LogP contribution in [0.25, 0.3) is 0 Å². The summed E-state index contributed by atoms with van der Waals surface area (Å²) in [5.41, 5.74) is 1.97. The Morgan fingerprint density at radius 2 is 2.15 bits per heavy atom. The van der Waals surface area contributed by atoms with Gasteiger partial charge in [-0.05, 0) is 42.8 Å². The van der Waals surface area contributed by atoms with Gasteiger partial charge in [0.05, 0.1) is 13.2 Å². The summed E-state index contributed by atoms with van der Waals surface area (Å²) >= 11 is 6.10. The van der Waals surface area contributed by atoms with Gasteiger partial charge in [-0.2, -0.15) is 0 Å². The van der Waals surface area contributed by atoms with Crippen LogP contribution < -0.4 is 10.1 Å². The number of halogens is 1. The third-order valence-electron chi connectivity index (χ3n) is 3.07. The van der Waals surface area contributed by atoms with Gasteiger partial charge in [0.2, 0.25) is 0 Å². The monoisotopic (exact) mass is 290 g/mol. The number of rotatable bonds is 6. The zero-order valence-electron chi connectivity index (χ0n) is 11.8. The van der Waals surface area contributed by atoms with E-state index in [4.69, 9.17) is 16.3 Å². The fourth-order valence-electron chi connectivity index (χ4n) is 2.14. The number of aromatic nitrogens is 1. The quantitative estimate of drug-likeness (QED) is 0.878. The maximum atomic E-state index is 6.10. The zero-order chi connectivity index (χ0) is 14.4. The van der Waals surface area contributed by atoms with Crippen LogP contribution in [-0.4, -0.2) is 18.6 Å². The van der Waals surface area contributed by atoms with Crippen molar-refractivity contribution in [2.75, 3.05) is 13.7 Å². The van der Waals surface area contributed by atoms with E-state index in [0.29, 0.717) is 0 Å². The van der Waals surface area contributed by atoms with Crippen molar-refractivity contribution in [1.82, 2.24) is 10.3 Å². The standard InChI is InChI=1S/C16H19ClN2O/c1-3-9-18-15(12-6-4-7-13(17)11-12)16-14(20-2)8-5-10-19-16/h4-8,10-11,15,18H,3,9H2,1-2H3. The number of nitrogens with zero attached hydrogens (tertiary/aromatic N) is 1. The average molecular weight is 291 g/mol. The lowest BCUT2D eigenvalue weighted by molar-refractivity contribution is 0.400. The highest BCUT2D eigenvalue weighted by Crippen LogP contribution is 2.29. The molecular weight excluding hydrogens is 272 g/mol. The van der Waals surface area contributed by atoms with Gasteiger partial charge in [0, 0.05) is 11.2 Å². The average Bonchev–Trinajstić information content (AvgIpc) is 2.48. The van der Waals surface area contributed by atoms with E-state index in [1.807, 2.05) is 36.4 Å². The van der Waals surface area contributed by atoms with E-state index in [2.05, 4.69) is 17.2 Å². The van der Waals surface area contributed by atoms with Crippen molar-refractivity contribution in [3.05, 3.63) is 58.9 Å². The van der Waals surface area contributed by atoms with Crippen molar-refractivity contribution in [3.63, 3.8) is 0 Å². The second-order valence-corrected chi connectivity index (χ2v) is 4.97. The van der Waals surface area contributed by atoms with E-state index >= 15 is 0 Å². The third-order valence-corrected chi connectivity index (χ3v) is 3.31. The smallest absolute Gasteiger partial charge is 0.142 e. The van der Waals surface area contributed by atoms with E-state index in [1.165, 1.54) is 0 Å². The Labute approximate surface area is 124 Å². The molecule has 0 spiro atoms. The highest BCUT2D eigenvalue weighted by molar-refractivity contribution is 6.30. The van der Waals surface area contributed by atoms with Crippen LogP contribution >= 0.6 is 11.6 Å². The Hall–Kier alpha value is -1.58. The summed E-state index contributed by atoms with van der Waals surface area (Å²) in [6.07, 6.45) is 2.83. The molecule has 2 rings (SSSR count). The van der Waals surface area contributed by atoms with Crippen LogP contribution in [0.4, 0.5) is 0 Å². The van der Waals surface area contributed by atoms with Crippen LogP contribution in [0.1, 0.15) is 30.6 Å². The van der Waals surface area contributed by atoms with Gasteiger partial charge in [-0.3, -0.25) is 4.98 Å². The van der Waals surface area contributed by atoms with E-state index in [-0.39, 0.29) is 6.04 Å². The van der Waals surface area contributed by atoms with E-state index in [1.54, 1.807) is 13.3 Å². The summed E-state index contributed by atoms with van der Waals surface area (Å²) < 4.78 is 5.42. The zero-order valence-corrected chi connectivity index (χ0v) is 12.5. The summed E-state index contributed by atoms with van der Waals surface area (Å²) in [6, 6.07) is 11.6. The predicted molar refractivity (Wildman–Crippen MR) is 82.4 cm³/mol. The van der Waals surface area contributed by atoms with Gasteiger partial charge >= 0.3 is 0 Å². The molecule has 0 saturated carbocycles. The first-order valence-electron chi connectivity index (χ1n) is 6.74. The third kappa shape index (κ3) is 3.50. The normalized spacial score (nSPS) is 12.2. The summed E-state index contributed by atoms with van der Waals surface area (Å²) in [5.74, 6) is 0.779. The molecule has 1 unspecified atom stereocenters. The Kier molecular flexibility index (Phi) is 5.39. The number of hydrogen-bond acceptors (Lipinski definition) is 3. The highest BCUT2D eigenvalue weighted by atomic mass is 35.5. The lowest BCUT2D eigenvalue weighted by Crippen LogP contribution is -2.24. The van der Waals surface area contributed by atoms with Gasteiger partial charge in [0.15, 0.2) is 0 Å². The molecule has 1 aromatic heterocycles. The topological polar surface area (TPSA) is 34.2 Å². The van der Waals surface area contributed by atoms with E-state index in [0.717, 1.165) is 35.0 Å². The van der Waals surface area contributed by atoms with Gasteiger partial charge in [-0.15, -0.1) is 0 Å². The van der Waals surface area contributed by atoms with E-state index < -0.39 is 0 Å². The molecular formula is C16H19ClN2O. The highest BCUT2D eigenvalue weighted by Gasteiger charge is 2.19. The molecule has 1 N–H and O–H groups in total. The van der Waals surface area contributed by atoms with Gasteiger partial charge in [-0.1, -0.05) is 30.7 Å². The number of benzene rings is 1. The molecule has 0 aliphatic heterocycles. The molecule has 3 nitrogen and oxygen atoms in total. The van der Waals surface area contributed by atoms with Gasteiger partial charge in [0.1, 0.15) is 11.4 Å².